The van der Waals surface area contributed by atoms with Crippen LogP contribution in [0.5, 0.6) is 0 Å². The lowest BCUT2D eigenvalue weighted by molar-refractivity contribution is -0.140. The fourth-order valence-electron chi connectivity index (χ4n) is 2.97. The summed E-state index contributed by atoms with van der Waals surface area (Å²) in [6.07, 6.45) is 1.16. The minimum absolute atomic E-state index is 0.308. The lowest BCUT2D eigenvalue weighted by atomic mass is 9.99. The molecule has 1 aromatic carbocycles. The summed E-state index contributed by atoms with van der Waals surface area (Å²) in [7, 11) is 0. The van der Waals surface area contributed by atoms with Crippen molar-refractivity contribution in [1.82, 2.24) is 10.2 Å². The summed E-state index contributed by atoms with van der Waals surface area (Å²) < 4.78 is 12.6. The van der Waals surface area contributed by atoms with Crippen molar-refractivity contribution in [3.05, 3.63) is 35.9 Å². The first-order valence-corrected chi connectivity index (χ1v) is 8.41. The maximum Gasteiger partial charge on any atom is 0.305 e. The molecule has 0 saturated carbocycles. The van der Waals surface area contributed by atoms with Gasteiger partial charge in [0.2, 0.25) is 5.91 Å². The second-order valence-corrected chi connectivity index (χ2v) is 6.14. The lowest BCUT2D eigenvalue weighted by Crippen LogP contribution is -2.55. The Bertz CT molecular complexity index is 679. The standard InChI is InChI=1S/C18H21FN2O5/c19-11-15(22)13(10-16(23)24)20-17(25)14-8-4-5-9-21(14)18(26)12-6-2-1-3-7-12/h1-3,6-7,13-14H,4-5,8-11H2,(H,20,25)(H,23,24). The van der Waals surface area contributed by atoms with Crippen LogP contribution in [-0.2, 0) is 14.4 Å². The van der Waals surface area contributed by atoms with Gasteiger partial charge in [-0.25, -0.2) is 4.39 Å². The second-order valence-electron chi connectivity index (χ2n) is 6.14. The van der Waals surface area contributed by atoms with Crippen LogP contribution in [0.25, 0.3) is 0 Å². The third-order valence-electron chi connectivity index (χ3n) is 4.30. The van der Waals surface area contributed by atoms with Crippen molar-refractivity contribution in [2.75, 3.05) is 13.2 Å². The molecule has 2 unspecified atom stereocenters. The molecular weight excluding hydrogens is 343 g/mol. The second kappa shape index (κ2) is 9.07. The number of amides is 2. The average molecular weight is 364 g/mol. The molecule has 0 aromatic heterocycles. The number of hydrogen-bond acceptors (Lipinski definition) is 4. The Balaban J connectivity index is 2.14. The number of carbonyl (C=O) groups excluding carboxylic acids is 3. The highest BCUT2D eigenvalue weighted by atomic mass is 19.1. The molecule has 1 saturated heterocycles. The van der Waals surface area contributed by atoms with Gasteiger partial charge in [0.15, 0.2) is 5.78 Å². The molecule has 7 nitrogen and oxygen atoms in total. The number of hydrogen-bond donors (Lipinski definition) is 2. The molecule has 1 aliphatic rings. The molecule has 0 radical (unpaired) electrons. The van der Waals surface area contributed by atoms with E-state index in [2.05, 4.69) is 5.32 Å². The highest BCUT2D eigenvalue weighted by Crippen LogP contribution is 2.20. The zero-order chi connectivity index (χ0) is 19.1. The number of alkyl halides is 1. The van der Waals surface area contributed by atoms with E-state index in [9.17, 15) is 23.6 Å². The number of rotatable bonds is 7. The van der Waals surface area contributed by atoms with Gasteiger partial charge in [0, 0.05) is 12.1 Å². The van der Waals surface area contributed by atoms with Crippen molar-refractivity contribution in [3.8, 4) is 0 Å². The molecule has 0 spiro atoms. The van der Waals surface area contributed by atoms with Crippen LogP contribution in [0.4, 0.5) is 4.39 Å². The molecule has 2 N–H and O–H groups in total. The molecule has 1 aliphatic heterocycles. The molecule has 2 atom stereocenters. The van der Waals surface area contributed by atoms with Gasteiger partial charge in [-0.1, -0.05) is 18.2 Å². The first kappa shape index (κ1) is 19.6. The van der Waals surface area contributed by atoms with Gasteiger partial charge >= 0.3 is 5.97 Å². The quantitative estimate of drug-likeness (QED) is 0.756. The Morgan fingerprint density at radius 1 is 1.19 bits per heavy atom. The molecule has 1 heterocycles. The largest absolute Gasteiger partial charge is 0.481 e. The number of carbonyl (C=O) groups is 4. The van der Waals surface area contributed by atoms with Gasteiger partial charge in [0.1, 0.15) is 18.8 Å². The summed E-state index contributed by atoms with van der Waals surface area (Å²) in [4.78, 5) is 49.1. The Labute approximate surface area is 150 Å². The third kappa shape index (κ3) is 4.87. The molecule has 2 rings (SSSR count). The van der Waals surface area contributed by atoms with Crippen LogP contribution in [-0.4, -0.2) is 58.9 Å². The third-order valence-corrected chi connectivity index (χ3v) is 4.30. The van der Waals surface area contributed by atoms with Crippen LogP contribution in [0.1, 0.15) is 36.0 Å². The number of benzene rings is 1. The van der Waals surface area contributed by atoms with Gasteiger partial charge in [-0.3, -0.25) is 19.2 Å². The topological polar surface area (TPSA) is 104 Å². The Kier molecular flexibility index (Phi) is 6.82. The van der Waals surface area contributed by atoms with Gasteiger partial charge in [-0.15, -0.1) is 0 Å². The van der Waals surface area contributed by atoms with Crippen molar-refractivity contribution >= 4 is 23.6 Å². The molecule has 1 fully saturated rings. The predicted octanol–water partition coefficient (Wildman–Crippen LogP) is 1.18. The number of aliphatic carboxylic acids is 1. The maximum atomic E-state index is 12.7. The summed E-state index contributed by atoms with van der Waals surface area (Å²) in [6.45, 7) is -0.984. The number of ketones is 1. The first-order chi connectivity index (χ1) is 12.4. The van der Waals surface area contributed by atoms with Crippen molar-refractivity contribution in [1.29, 1.82) is 0 Å². The summed E-state index contributed by atoms with van der Waals surface area (Å²) in [6, 6.07) is 6.23. The van der Waals surface area contributed by atoms with Gasteiger partial charge in [0.05, 0.1) is 6.42 Å². The number of nitrogens with zero attached hydrogens (tertiary/aromatic N) is 1. The van der Waals surface area contributed by atoms with E-state index in [1.807, 2.05) is 0 Å². The molecule has 0 aliphatic carbocycles. The maximum absolute atomic E-state index is 12.7. The molecule has 26 heavy (non-hydrogen) atoms. The number of halogens is 1. The molecule has 1 aromatic rings. The summed E-state index contributed by atoms with van der Waals surface area (Å²) in [5.41, 5.74) is 0.439. The molecular formula is C18H21FN2O5. The zero-order valence-corrected chi connectivity index (χ0v) is 14.2. The lowest BCUT2D eigenvalue weighted by Gasteiger charge is -2.35. The highest BCUT2D eigenvalue weighted by Gasteiger charge is 2.35. The van der Waals surface area contributed by atoms with E-state index in [0.717, 1.165) is 12.8 Å². The minimum Gasteiger partial charge on any atom is -0.481 e. The van der Waals surface area contributed by atoms with E-state index in [4.69, 9.17) is 5.11 Å². The van der Waals surface area contributed by atoms with Crippen LogP contribution in [0.3, 0.4) is 0 Å². The summed E-state index contributed by atoms with van der Waals surface area (Å²) in [5, 5.41) is 11.2. The number of nitrogens with one attached hydrogen (secondary N) is 1. The van der Waals surface area contributed by atoms with Gasteiger partial charge in [0.25, 0.3) is 5.91 Å². The highest BCUT2D eigenvalue weighted by molar-refractivity contribution is 5.99. The number of carboxylic acid groups (broad SMARTS) is 1. The van der Waals surface area contributed by atoms with E-state index in [1.165, 1.54) is 4.90 Å². The average Bonchev–Trinajstić information content (AvgIpc) is 2.66. The van der Waals surface area contributed by atoms with Gasteiger partial charge in [-0.2, -0.15) is 0 Å². The van der Waals surface area contributed by atoms with Crippen molar-refractivity contribution < 1.29 is 28.7 Å². The number of carboxylic acids is 1. The van der Waals surface area contributed by atoms with Crippen molar-refractivity contribution in [3.63, 3.8) is 0 Å². The van der Waals surface area contributed by atoms with E-state index in [0.29, 0.717) is 18.5 Å². The fraction of sp³-hybridized carbons (Fsp3) is 0.444. The Morgan fingerprint density at radius 2 is 1.88 bits per heavy atom. The monoisotopic (exact) mass is 364 g/mol. The molecule has 0 bridgehead atoms. The van der Waals surface area contributed by atoms with E-state index < -0.39 is 42.8 Å². The zero-order valence-electron chi connectivity index (χ0n) is 14.2. The van der Waals surface area contributed by atoms with Gasteiger partial charge < -0.3 is 15.3 Å². The number of Topliss-reactive ketones (excluding diaryl/α,β-unsaturated/α-hetero) is 1. The van der Waals surface area contributed by atoms with Crippen LogP contribution in [0.15, 0.2) is 30.3 Å². The van der Waals surface area contributed by atoms with E-state index >= 15 is 0 Å². The summed E-state index contributed by atoms with van der Waals surface area (Å²) in [5.74, 6) is -3.27. The Hall–Kier alpha value is -2.77. The van der Waals surface area contributed by atoms with Gasteiger partial charge in [-0.05, 0) is 31.4 Å². The van der Waals surface area contributed by atoms with Crippen LogP contribution in [0, 0.1) is 0 Å². The minimum atomic E-state index is -1.44. The molecule has 8 heteroatoms. The normalized spacial score (nSPS) is 18.0. The SMILES string of the molecule is O=C(O)CC(NC(=O)C1CCCCN1C(=O)c1ccccc1)C(=O)CF. The number of likely N-dealkylation sites (tertiary alicyclic amines) is 1. The fourth-order valence-corrected chi connectivity index (χ4v) is 2.97. The summed E-state index contributed by atoms with van der Waals surface area (Å²) >= 11 is 0. The van der Waals surface area contributed by atoms with Crippen LogP contribution >= 0.6 is 0 Å². The number of piperidine rings is 1. The van der Waals surface area contributed by atoms with E-state index in [1.54, 1.807) is 30.3 Å². The van der Waals surface area contributed by atoms with Crippen molar-refractivity contribution in [2.24, 2.45) is 0 Å². The molecule has 140 valence electrons. The van der Waals surface area contributed by atoms with E-state index in [-0.39, 0.29) is 5.91 Å². The van der Waals surface area contributed by atoms with Crippen LogP contribution in [0.2, 0.25) is 0 Å². The molecule has 2 amide bonds. The predicted molar refractivity (Wildman–Crippen MR) is 90.3 cm³/mol. The first-order valence-electron chi connectivity index (χ1n) is 8.41. The van der Waals surface area contributed by atoms with Crippen molar-refractivity contribution in [2.45, 2.75) is 37.8 Å². The Morgan fingerprint density at radius 3 is 2.50 bits per heavy atom. The smallest absolute Gasteiger partial charge is 0.305 e. The van der Waals surface area contributed by atoms with Crippen LogP contribution < -0.4 is 5.32 Å².